The van der Waals surface area contributed by atoms with Gasteiger partial charge >= 0.3 is 6.18 Å². The molecule has 7 heteroatoms. The van der Waals surface area contributed by atoms with E-state index in [9.17, 15) is 17.6 Å². The summed E-state index contributed by atoms with van der Waals surface area (Å²) < 4.78 is 50.7. The average molecular weight is 285 g/mol. The van der Waals surface area contributed by atoms with Crippen LogP contribution in [0.15, 0.2) is 30.6 Å². The number of nitrogens with one attached hydrogen (secondary N) is 1. The summed E-state index contributed by atoms with van der Waals surface area (Å²) in [6, 6.07) is 2.34. The third-order valence-corrected chi connectivity index (χ3v) is 2.59. The van der Waals surface area contributed by atoms with E-state index in [1.54, 1.807) is 13.1 Å². The van der Waals surface area contributed by atoms with Crippen molar-refractivity contribution in [3.05, 3.63) is 53.4 Å². The molecular formula is C13H11F4N3. The quantitative estimate of drug-likeness (QED) is 0.876. The van der Waals surface area contributed by atoms with E-state index in [2.05, 4.69) is 15.3 Å². The molecule has 0 atom stereocenters. The molecule has 0 bridgehead atoms. The first kappa shape index (κ1) is 14.2. The zero-order valence-corrected chi connectivity index (χ0v) is 10.5. The first-order chi connectivity index (χ1) is 9.36. The Morgan fingerprint density at radius 3 is 2.45 bits per heavy atom. The van der Waals surface area contributed by atoms with Crippen molar-refractivity contribution in [2.24, 2.45) is 0 Å². The maximum atomic E-state index is 13.5. The molecule has 0 aliphatic rings. The highest BCUT2D eigenvalue weighted by Gasteiger charge is 2.31. The van der Waals surface area contributed by atoms with Crippen LogP contribution in [0.5, 0.6) is 0 Å². The molecule has 1 heterocycles. The second-order valence-electron chi connectivity index (χ2n) is 4.20. The minimum absolute atomic E-state index is 0.0135. The van der Waals surface area contributed by atoms with E-state index in [4.69, 9.17) is 0 Å². The predicted molar refractivity (Wildman–Crippen MR) is 65.5 cm³/mol. The van der Waals surface area contributed by atoms with Crippen LogP contribution in [-0.2, 0) is 12.7 Å². The molecule has 0 saturated heterocycles. The van der Waals surface area contributed by atoms with E-state index in [0.717, 1.165) is 17.8 Å². The number of alkyl halides is 3. The summed E-state index contributed by atoms with van der Waals surface area (Å²) >= 11 is 0. The zero-order chi connectivity index (χ0) is 14.8. The van der Waals surface area contributed by atoms with Gasteiger partial charge in [0.25, 0.3) is 0 Å². The van der Waals surface area contributed by atoms with Gasteiger partial charge in [-0.2, -0.15) is 13.2 Å². The lowest BCUT2D eigenvalue weighted by molar-refractivity contribution is -0.137. The van der Waals surface area contributed by atoms with Crippen molar-refractivity contribution in [1.29, 1.82) is 0 Å². The van der Waals surface area contributed by atoms with Crippen molar-refractivity contribution in [2.75, 3.05) is 5.32 Å². The highest BCUT2D eigenvalue weighted by Crippen LogP contribution is 2.31. The van der Waals surface area contributed by atoms with Gasteiger partial charge in [0, 0.05) is 6.20 Å². The SMILES string of the molecule is Cc1cnc(CNc2ccc(C(F)(F)F)cc2F)cn1. The number of halogens is 4. The minimum Gasteiger partial charge on any atom is -0.377 e. The van der Waals surface area contributed by atoms with Gasteiger partial charge < -0.3 is 5.32 Å². The van der Waals surface area contributed by atoms with Crippen molar-refractivity contribution >= 4 is 5.69 Å². The fourth-order valence-electron chi connectivity index (χ4n) is 1.53. The molecule has 1 aromatic carbocycles. The maximum Gasteiger partial charge on any atom is 0.416 e. The van der Waals surface area contributed by atoms with Gasteiger partial charge in [-0.25, -0.2) is 4.39 Å². The standard InChI is InChI=1S/C13H11F4N3/c1-8-5-19-10(6-18-8)7-20-12-3-2-9(4-11(12)14)13(15,16)17/h2-6,20H,7H2,1H3. The first-order valence-corrected chi connectivity index (χ1v) is 5.74. The van der Waals surface area contributed by atoms with Crippen LogP contribution in [0.4, 0.5) is 23.2 Å². The van der Waals surface area contributed by atoms with Crippen LogP contribution >= 0.6 is 0 Å². The van der Waals surface area contributed by atoms with E-state index in [-0.39, 0.29) is 12.2 Å². The molecule has 1 aromatic heterocycles. The van der Waals surface area contributed by atoms with Gasteiger partial charge in [-0.05, 0) is 25.1 Å². The molecule has 0 aliphatic carbocycles. The molecule has 2 aromatic rings. The summed E-state index contributed by atoms with van der Waals surface area (Å²) in [7, 11) is 0. The summed E-state index contributed by atoms with van der Waals surface area (Å²) in [6.45, 7) is 1.95. The van der Waals surface area contributed by atoms with Gasteiger partial charge in [0.05, 0.1) is 35.4 Å². The minimum atomic E-state index is -4.55. The molecule has 0 fully saturated rings. The number of nitrogens with zero attached hydrogens (tertiary/aromatic N) is 2. The van der Waals surface area contributed by atoms with Gasteiger partial charge in [-0.1, -0.05) is 0 Å². The molecule has 20 heavy (non-hydrogen) atoms. The van der Waals surface area contributed by atoms with Crippen LogP contribution in [0.1, 0.15) is 17.0 Å². The molecule has 0 saturated carbocycles. The van der Waals surface area contributed by atoms with Crippen LogP contribution in [0.2, 0.25) is 0 Å². The third kappa shape index (κ3) is 3.43. The molecule has 2 rings (SSSR count). The van der Waals surface area contributed by atoms with Crippen molar-refractivity contribution in [3.8, 4) is 0 Å². The van der Waals surface area contributed by atoms with Crippen molar-refractivity contribution in [1.82, 2.24) is 9.97 Å². The summed E-state index contributed by atoms with van der Waals surface area (Å²) in [5, 5.41) is 2.68. The molecule has 0 spiro atoms. The Morgan fingerprint density at radius 1 is 1.15 bits per heavy atom. The summed E-state index contributed by atoms with van der Waals surface area (Å²) in [4.78, 5) is 8.07. The molecular weight excluding hydrogens is 274 g/mol. The molecule has 1 N–H and O–H groups in total. The Bertz CT molecular complexity index is 594. The van der Waals surface area contributed by atoms with E-state index in [1.807, 2.05) is 0 Å². The van der Waals surface area contributed by atoms with E-state index >= 15 is 0 Å². The van der Waals surface area contributed by atoms with E-state index < -0.39 is 17.6 Å². The number of aromatic nitrogens is 2. The van der Waals surface area contributed by atoms with Crippen molar-refractivity contribution in [3.63, 3.8) is 0 Å². The Labute approximate surface area is 112 Å². The monoisotopic (exact) mass is 285 g/mol. The lowest BCUT2D eigenvalue weighted by Gasteiger charge is -2.10. The number of hydrogen-bond acceptors (Lipinski definition) is 3. The number of benzene rings is 1. The van der Waals surface area contributed by atoms with Gasteiger partial charge in [0.15, 0.2) is 0 Å². The highest BCUT2D eigenvalue weighted by molar-refractivity contribution is 5.47. The first-order valence-electron chi connectivity index (χ1n) is 5.74. The smallest absolute Gasteiger partial charge is 0.377 e. The lowest BCUT2D eigenvalue weighted by Crippen LogP contribution is -2.08. The van der Waals surface area contributed by atoms with Gasteiger partial charge in [-0.3, -0.25) is 9.97 Å². The van der Waals surface area contributed by atoms with Crippen molar-refractivity contribution in [2.45, 2.75) is 19.6 Å². The van der Waals surface area contributed by atoms with Crippen LogP contribution in [0.3, 0.4) is 0 Å². The average Bonchev–Trinajstić information content (AvgIpc) is 2.38. The Morgan fingerprint density at radius 2 is 1.90 bits per heavy atom. The fourth-order valence-corrected chi connectivity index (χ4v) is 1.53. The molecule has 0 amide bonds. The molecule has 0 aliphatic heterocycles. The van der Waals surface area contributed by atoms with Crippen LogP contribution in [-0.4, -0.2) is 9.97 Å². The van der Waals surface area contributed by atoms with Crippen LogP contribution < -0.4 is 5.32 Å². The Balaban J connectivity index is 2.08. The van der Waals surface area contributed by atoms with Gasteiger partial charge in [0.2, 0.25) is 0 Å². The molecule has 3 nitrogen and oxygen atoms in total. The number of hydrogen-bond donors (Lipinski definition) is 1. The van der Waals surface area contributed by atoms with Gasteiger partial charge in [0.1, 0.15) is 5.82 Å². The van der Waals surface area contributed by atoms with Crippen LogP contribution in [0.25, 0.3) is 0 Å². The van der Waals surface area contributed by atoms with Crippen molar-refractivity contribution < 1.29 is 17.6 Å². The summed E-state index contributed by atoms with van der Waals surface area (Å²) in [5.74, 6) is -0.958. The Kier molecular flexibility index (Phi) is 3.87. The summed E-state index contributed by atoms with van der Waals surface area (Å²) in [5.41, 5.74) is 0.278. The highest BCUT2D eigenvalue weighted by atomic mass is 19.4. The number of aryl methyl sites for hydroxylation is 1. The predicted octanol–water partition coefficient (Wildman–Crippen LogP) is 3.56. The van der Waals surface area contributed by atoms with Gasteiger partial charge in [-0.15, -0.1) is 0 Å². The fraction of sp³-hybridized carbons (Fsp3) is 0.231. The maximum absolute atomic E-state index is 13.5. The normalized spacial score (nSPS) is 11.4. The molecule has 106 valence electrons. The topological polar surface area (TPSA) is 37.8 Å². The lowest BCUT2D eigenvalue weighted by atomic mass is 10.2. The second-order valence-corrected chi connectivity index (χ2v) is 4.20. The summed E-state index contributed by atoms with van der Waals surface area (Å²) in [6.07, 6.45) is -1.48. The molecule has 0 unspecified atom stereocenters. The van der Waals surface area contributed by atoms with Crippen LogP contribution in [0, 0.1) is 12.7 Å². The Hall–Kier alpha value is -2.18. The number of rotatable bonds is 3. The largest absolute Gasteiger partial charge is 0.416 e. The number of anilines is 1. The second kappa shape index (κ2) is 5.44. The van der Waals surface area contributed by atoms with E-state index in [0.29, 0.717) is 11.8 Å². The van der Waals surface area contributed by atoms with E-state index in [1.165, 1.54) is 6.20 Å². The zero-order valence-electron chi connectivity index (χ0n) is 10.5. The third-order valence-electron chi connectivity index (χ3n) is 2.59. The molecule has 0 radical (unpaired) electrons.